The van der Waals surface area contributed by atoms with Gasteiger partial charge in [0, 0.05) is 14.4 Å². The zero-order valence-corrected chi connectivity index (χ0v) is 10.2. The highest BCUT2D eigenvalue weighted by atomic mass is 79.9. The quantitative estimate of drug-likeness (QED) is 0.674. The summed E-state index contributed by atoms with van der Waals surface area (Å²) in [6, 6.07) is 8.66. The molecule has 0 bridgehead atoms. The first-order valence-electron chi connectivity index (χ1n) is 4.41. The number of rotatable bonds is 0. The summed E-state index contributed by atoms with van der Waals surface area (Å²) in [6.07, 6.45) is 2.58. The highest BCUT2D eigenvalue weighted by Gasteiger charge is 2.52. The third-order valence-corrected chi connectivity index (χ3v) is 5.55. The van der Waals surface area contributed by atoms with E-state index < -0.39 is 0 Å². The van der Waals surface area contributed by atoms with Crippen LogP contribution in [0, 0.1) is 0 Å². The number of hydrogen-bond donors (Lipinski definition) is 0. The van der Waals surface area contributed by atoms with Gasteiger partial charge in [0.15, 0.2) is 0 Å². The Hall–Kier alpha value is -0.0800. The molecular formula is C11H8Br2. The first-order chi connectivity index (χ1) is 6.26. The SMILES string of the molecule is BrC1=C(Br)C2(CC2)c2ccccc21. The van der Waals surface area contributed by atoms with Gasteiger partial charge in [0.2, 0.25) is 0 Å². The highest BCUT2D eigenvalue weighted by molar-refractivity contribution is 9.16. The standard InChI is InChI=1S/C11H8Br2/c12-9-7-3-1-2-4-8(7)11(5-6-11)10(9)13/h1-4H,5-6H2. The lowest BCUT2D eigenvalue weighted by molar-refractivity contribution is 0.901. The smallest absolute Gasteiger partial charge is 0.0361 e. The second kappa shape index (κ2) is 2.48. The first kappa shape index (κ1) is 8.25. The van der Waals surface area contributed by atoms with E-state index in [1.807, 2.05) is 0 Å². The summed E-state index contributed by atoms with van der Waals surface area (Å²) < 4.78 is 2.60. The van der Waals surface area contributed by atoms with Gasteiger partial charge >= 0.3 is 0 Å². The molecule has 0 amide bonds. The molecule has 0 aliphatic heterocycles. The Morgan fingerprint density at radius 2 is 1.77 bits per heavy atom. The molecule has 1 spiro atoms. The molecule has 66 valence electrons. The molecular weight excluding hydrogens is 292 g/mol. The minimum Gasteiger partial charge on any atom is -0.0619 e. The molecule has 2 aliphatic carbocycles. The monoisotopic (exact) mass is 298 g/mol. The van der Waals surface area contributed by atoms with Crippen LogP contribution >= 0.6 is 31.9 Å². The zero-order chi connectivity index (χ0) is 9.05. The Kier molecular flexibility index (Phi) is 1.58. The van der Waals surface area contributed by atoms with E-state index in [0.717, 1.165) is 0 Å². The van der Waals surface area contributed by atoms with Crippen LogP contribution in [0.5, 0.6) is 0 Å². The molecule has 1 aromatic rings. The number of allylic oxidation sites excluding steroid dienone is 1. The number of halogens is 2. The molecule has 3 rings (SSSR count). The van der Waals surface area contributed by atoms with Crippen molar-refractivity contribution in [3.05, 3.63) is 39.9 Å². The Labute approximate surface area is 94.3 Å². The fraction of sp³-hybridized carbons (Fsp3) is 0.273. The van der Waals surface area contributed by atoms with E-state index in [0.29, 0.717) is 5.41 Å². The summed E-state index contributed by atoms with van der Waals surface area (Å²) >= 11 is 7.35. The van der Waals surface area contributed by atoms with Crippen LogP contribution in [0.15, 0.2) is 28.7 Å². The second-order valence-electron chi connectivity index (χ2n) is 3.76. The van der Waals surface area contributed by atoms with E-state index >= 15 is 0 Å². The van der Waals surface area contributed by atoms with Crippen LogP contribution in [0.1, 0.15) is 24.0 Å². The molecule has 1 fully saturated rings. The van der Waals surface area contributed by atoms with Gasteiger partial charge in [0.25, 0.3) is 0 Å². The topological polar surface area (TPSA) is 0 Å². The van der Waals surface area contributed by atoms with E-state index in [4.69, 9.17) is 0 Å². The van der Waals surface area contributed by atoms with Crippen LogP contribution in [0.3, 0.4) is 0 Å². The van der Waals surface area contributed by atoms with Gasteiger partial charge in [-0.1, -0.05) is 40.2 Å². The molecule has 0 aromatic heterocycles. The summed E-state index contributed by atoms with van der Waals surface area (Å²) in [5.74, 6) is 0. The average molecular weight is 300 g/mol. The molecule has 0 N–H and O–H groups in total. The molecule has 0 nitrogen and oxygen atoms in total. The lowest BCUT2D eigenvalue weighted by atomic mass is 9.98. The van der Waals surface area contributed by atoms with Crippen LogP contribution < -0.4 is 0 Å². The lowest BCUT2D eigenvalue weighted by Crippen LogP contribution is -2.01. The van der Waals surface area contributed by atoms with Crippen molar-refractivity contribution < 1.29 is 0 Å². The predicted octanol–water partition coefficient (Wildman–Crippen LogP) is 4.19. The Balaban J connectivity index is 2.32. The van der Waals surface area contributed by atoms with Crippen LogP contribution in [-0.4, -0.2) is 0 Å². The third-order valence-electron chi connectivity index (χ3n) is 3.04. The van der Waals surface area contributed by atoms with Gasteiger partial charge in [0.05, 0.1) is 0 Å². The number of hydrogen-bond acceptors (Lipinski definition) is 0. The van der Waals surface area contributed by atoms with Gasteiger partial charge in [-0.15, -0.1) is 0 Å². The van der Waals surface area contributed by atoms with Crippen LogP contribution in [0.4, 0.5) is 0 Å². The van der Waals surface area contributed by atoms with Gasteiger partial charge in [-0.2, -0.15) is 0 Å². The Bertz CT molecular complexity index is 414. The molecule has 0 heterocycles. The minimum atomic E-state index is 0.357. The summed E-state index contributed by atoms with van der Waals surface area (Å²) in [7, 11) is 0. The normalized spacial score (nSPS) is 22.3. The van der Waals surface area contributed by atoms with Crippen molar-refractivity contribution in [1.29, 1.82) is 0 Å². The van der Waals surface area contributed by atoms with Gasteiger partial charge in [-0.05, 0) is 39.9 Å². The molecule has 1 saturated carbocycles. The van der Waals surface area contributed by atoms with E-state index in [9.17, 15) is 0 Å². The van der Waals surface area contributed by atoms with E-state index in [-0.39, 0.29) is 0 Å². The molecule has 0 atom stereocenters. The van der Waals surface area contributed by atoms with Gasteiger partial charge in [0.1, 0.15) is 0 Å². The fourth-order valence-corrected chi connectivity index (χ4v) is 3.70. The highest BCUT2D eigenvalue weighted by Crippen LogP contribution is 2.64. The summed E-state index contributed by atoms with van der Waals surface area (Å²) in [5, 5.41) is 0. The number of benzene rings is 1. The van der Waals surface area contributed by atoms with Crippen molar-refractivity contribution in [2.24, 2.45) is 0 Å². The van der Waals surface area contributed by atoms with E-state index in [2.05, 4.69) is 56.1 Å². The maximum Gasteiger partial charge on any atom is 0.0361 e. The van der Waals surface area contributed by atoms with Crippen molar-refractivity contribution in [2.45, 2.75) is 18.3 Å². The molecule has 2 heteroatoms. The molecule has 0 saturated heterocycles. The third kappa shape index (κ3) is 0.909. The summed E-state index contributed by atoms with van der Waals surface area (Å²) in [4.78, 5) is 0. The minimum absolute atomic E-state index is 0.357. The van der Waals surface area contributed by atoms with Crippen LogP contribution in [0.2, 0.25) is 0 Å². The van der Waals surface area contributed by atoms with E-state index in [1.54, 1.807) is 0 Å². The zero-order valence-electron chi connectivity index (χ0n) is 6.98. The summed E-state index contributed by atoms with van der Waals surface area (Å²) in [5.41, 5.74) is 3.22. The number of fused-ring (bicyclic) bond motifs is 2. The van der Waals surface area contributed by atoms with Gasteiger partial charge in [-0.25, -0.2) is 0 Å². The molecule has 0 radical (unpaired) electrons. The second-order valence-corrected chi connectivity index (χ2v) is 5.34. The molecule has 0 unspecified atom stereocenters. The van der Waals surface area contributed by atoms with Crippen molar-refractivity contribution in [3.8, 4) is 0 Å². The molecule has 1 aromatic carbocycles. The fourth-order valence-electron chi connectivity index (χ4n) is 2.15. The van der Waals surface area contributed by atoms with Crippen LogP contribution in [0.25, 0.3) is 4.48 Å². The maximum atomic E-state index is 3.70. The molecule has 13 heavy (non-hydrogen) atoms. The van der Waals surface area contributed by atoms with Gasteiger partial charge < -0.3 is 0 Å². The largest absolute Gasteiger partial charge is 0.0619 e. The van der Waals surface area contributed by atoms with Crippen molar-refractivity contribution in [2.75, 3.05) is 0 Å². The summed E-state index contributed by atoms with van der Waals surface area (Å²) in [6.45, 7) is 0. The van der Waals surface area contributed by atoms with Crippen molar-refractivity contribution in [1.82, 2.24) is 0 Å². The average Bonchev–Trinajstić information content (AvgIpc) is 2.93. The van der Waals surface area contributed by atoms with Crippen molar-refractivity contribution >= 4 is 36.3 Å². The predicted molar refractivity (Wildman–Crippen MR) is 62.1 cm³/mol. The van der Waals surface area contributed by atoms with Gasteiger partial charge in [-0.3, -0.25) is 0 Å². The Morgan fingerprint density at radius 3 is 2.46 bits per heavy atom. The molecule has 2 aliphatic rings. The maximum absolute atomic E-state index is 3.70. The first-order valence-corrected chi connectivity index (χ1v) is 6.00. The lowest BCUT2D eigenvalue weighted by Gasteiger charge is -2.08. The Morgan fingerprint density at radius 1 is 1.08 bits per heavy atom. The van der Waals surface area contributed by atoms with Crippen molar-refractivity contribution in [3.63, 3.8) is 0 Å². The van der Waals surface area contributed by atoms with E-state index in [1.165, 1.54) is 32.9 Å². The van der Waals surface area contributed by atoms with Crippen LogP contribution in [-0.2, 0) is 5.41 Å².